The number of thiophene rings is 1. The molecule has 0 bridgehead atoms. The Hall–Kier alpha value is -0.680. The van der Waals surface area contributed by atoms with E-state index >= 15 is 0 Å². The van der Waals surface area contributed by atoms with Crippen LogP contribution in [0.2, 0.25) is 0 Å². The van der Waals surface area contributed by atoms with Crippen LogP contribution in [0.3, 0.4) is 0 Å². The highest BCUT2D eigenvalue weighted by molar-refractivity contribution is 9.11. The van der Waals surface area contributed by atoms with Crippen molar-refractivity contribution in [1.29, 1.82) is 0 Å². The van der Waals surface area contributed by atoms with Crippen molar-refractivity contribution < 1.29 is 0 Å². The fraction of sp³-hybridized carbons (Fsp3) is 0.455. The SMILES string of the molecule is Brc1cc(-c2n[nH]c(C3CCCC3)n2)cs1. The van der Waals surface area contributed by atoms with Gasteiger partial charge in [0.15, 0.2) is 5.82 Å². The highest BCUT2D eigenvalue weighted by atomic mass is 79.9. The summed E-state index contributed by atoms with van der Waals surface area (Å²) in [5.74, 6) is 2.49. The van der Waals surface area contributed by atoms with Gasteiger partial charge in [-0.3, -0.25) is 5.10 Å². The summed E-state index contributed by atoms with van der Waals surface area (Å²) in [5.41, 5.74) is 1.09. The first-order valence-corrected chi connectivity index (χ1v) is 7.17. The number of rotatable bonds is 2. The third-order valence-electron chi connectivity index (χ3n) is 3.07. The average molecular weight is 298 g/mol. The minimum absolute atomic E-state index is 0.600. The van der Waals surface area contributed by atoms with E-state index < -0.39 is 0 Å². The van der Waals surface area contributed by atoms with Crippen molar-refractivity contribution in [2.75, 3.05) is 0 Å². The number of hydrogen-bond donors (Lipinski definition) is 1. The zero-order valence-corrected chi connectivity index (χ0v) is 11.1. The van der Waals surface area contributed by atoms with Gasteiger partial charge >= 0.3 is 0 Å². The second-order valence-electron chi connectivity index (χ2n) is 4.17. The van der Waals surface area contributed by atoms with Gasteiger partial charge in [0.1, 0.15) is 5.82 Å². The Balaban J connectivity index is 1.87. The highest BCUT2D eigenvalue weighted by Crippen LogP contribution is 2.33. The van der Waals surface area contributed by atoms with Crippen LogP contribution in [0.1, 0.15) is 37.4 Å². The van der Waals surface area contributed by atoms with E-state index in [-0.39, 0.29) is 0 Å². The maximum absolute atomic E-state index is 4.60. The van der Waals surface area contributed by atoms with E-state index in [1.165, 1.54) is 25.7 Å². The first kappa shape index (κ1) is 10.5. The van der Waals surface area contributed by atoms with Crippen molar-refractivity contribution in [3.05, 3.63) is 21.1 Å². The molecule has 0 atom stereocenters. The lowest BCUT2D eigenvalue weighted by Gasteiger charge is -2.01. The first-order valence-electron chi connectivity index (χ1n) is 5.49. The number of H-pyrrole nitrogens is 1. The van der Waals surface area contributed by atoms with Crippen LogP contribution in [0.15, 0.2) is 15.2 Å². The number of nitrogens with zero attached hydrogens (tertiary/aromatic N) is 2. The molecule has 2 aromatic rings. The molecule has 1 fully saturated rings. The van der Waals surface area contributed by atoms with Crippen molar-refractivity contribution in [3.8, 4) is 11.4 Å². The van der Waals surface area contributed by atoms with Crippen molar-refractivity contribution in [2.45, 2.75) is 31.6 Å². The fourth-order valence-corrected chi connectivity index (χ4v) is 3.35. The van der Waals surface area contributed by atoms with Gasteiger partial charge in [0, 0.05) is 16.9 Å². The second kappa shape index (κ2) is 4.30. The van der Waals surface area contributed by atoms with Gasteiger partial charge in [-0.05, 0) is 34.8 Å². The fourth-order valence-electron chi connectivity index (χ4n) is 2.21. The van der Waals surface area contributed by atoms with E-state index in [2.05, 4.69) is 42.6 Å². The van der Waals surface area contributed by atoms with Crippen LogP contribution in [0.4, 0.5) is 0 Å². The van der Waals surface area contributed by atoms with Crippen LogP contribution in [0.25, 0.3) is 11.4 Å². The quantitative estimate of drug-likeness (QED) is 0.912. The van der Waals surface area contributed by atoms with Crippen LogP contribution < -0.4 is 0 Å². The van der Waals surface area contributed by atoms with Gasteiger partial charge in [-0.1, -0.05) is 12.8 Å². The number of aromatic amines is 1. The van der Waals surface area contributed by atoms with Crippen molar-refractivity contribution in [1.82, 2.24) is 15.2 Å². The van der Waals surface area contributed by atoms with Crippen LogP contribution in [-0.4, -0.2) is 15.2 Å². The maximum atomic E-state index is 4.60. The summed E-state index contributed by atoms with van der Waals surface area (Å²) in [7, 11) is 0. The predicted molar refractivity (Wildman–Crippen MR) is 68.6 cm³/mol. The van der Waals surface area contributed by atoms with E-state index in [1.54, 1.807) is 11.3 Å². The molecule has 3 nitrogen and oxygen atoms in total. The molecule has 16 heavy (non-hydrogen) atoms. The third-order valence-corrected chi connectivity index (χ3v) is 4.57. The molecule has 84 valence electrons. The summed E-state index contributed by atoms with van der Waals surface area (Å²) < 4.78 is 1.12. The van der Waals surface area contributed by atoms with E-state index in [4.69, 9.17) is 0 Å². The Labute approximate surface area is 106 Å². The van der Waals surface area contributed by atoms with Crippen molar-refractivity contribution >= 4 is 27.3 Å². The van der Waals surface area contributed by atoms with Crippen LogP contribution in [-0.2, 0) is 0 Å². The van der Waals surface area contributed by atoms with E-state index in [0.29, 0.717) is 5.92 Å². The van der Waals surface area contributed by atoms with Gasteiger partial charge in [0.2, 0.25) is 0 Å². The molecule has 0 spiro atoms. The molecule has 5 heteroatoms. The van der Waals surface area contributed by atoms with Crippen molar-refractivity contribution in [3.63, 3.8) is 0 Å². The van der Waals surface area contributed by atoms with E-state index in [1.807, 2.05) is 0 Å². The standard InChI is InChI=1S/C11H12BrN3S/c12-9-5-8(6-16-9)11-13-10(14-15-11)7-3-1-2-4-7/h5-7H,1-4H2,(H,13,14,15). The summed E-state index contributed by atoms with van der Waals surface area (Å²) in [6, 6.07) is 2.06. The number of halogens is 1. The van der Waals surface area contributed by atoms with Crippen LogP contribution in [0, 0.1) is 0 Å². The molecule has 1 aliphatic carbocycles. The minimum atomic E-state index is 0.600. The van der Waals surface area contributed by atoms with Crippen molar-refractivity contribution in [2.24, 2.45) is 0 Å². The van der Waals surface area contributed by atoms with Gasteiger partial charge in [-0.25, -0.2) is 4.98 Å². The smallest absolute Gasteiger partial charge is 0.182 e. The first-order chi connectivity index (χ1) is 7.83. The summed E-state index contributed by atoms with van der Waals surface area (Å²) >= 11 is 5.12. The Morgan fingerprint density at radius 3 is 2.88 bits per heavy atom. The number of hydrogen-bond acceptors (Lipinski definition) is 3. The molecule has 1 saturated carbocycles. The Morgan fingerprint density at radius 2 is 2.19 bits per heavy atom. The van der Waals surface area contributed by atoms with Gasteiger partial charge < -0.3 is 0 Å². The molecule has 0 aliphatic heterocycles. The summed E-state index contributed by atoms with van der Waals surface area (Å²) in [4.78, 5) is 4.60. The molecule has 0 saturated heterocycles. The monoisotopic (exact) mass is 297 g/mol. The predicted octanol–water partition coefficient (Wildman–Crippen LogP) is 3.95. The van der Waals surface area contributed by atoms with Crippen LogP contribution >= 0.6 is 27.3 Å². The molecule has 3 rings (SSSR count). The molecule has 1 aliphatic rings. The zero-order valence-electron chi connectivity index (χ0n) is 8.74. The molecule has 0 unspecified atom stereocenters. The summed E-state index contributed by atoms with van der Waals surface area (Å²) in [6.07, 6.45) is 5.15. The average Bonchev–Trinajstić information content (AvgIpc) is 2.97. The Morgan fingerprint density at radius 1 is 1.38 bits per heavy atom. The normalized spacial score (nSPS) is 17.1. The number of aromatic nitrogens is 3. The lowest BCUT2D eigenvalue weighted by Crippen LogP contribution is -1.94. The molecular weight excluding hydrogens is 286 g/mol. The third kappa shape index (κ3) is 1.94. The lowest BCUT2D eigenvalue weighted by atomic mass is 10.1. The second-order valence-corrected chi connectivity index (χ2v) is 6.46. The van der Waals surface area contributed by atoms with Gasteiger partial charge in [-0.2, -0.15) is 5.10 Å². The molecular formula is C11H12BrN3S. The zero-order chi connectivity index (χ0) is 11.0. The number of nitrogens with one attached hydrogen (secondary N) is 1. The van der Waals surface area contributed by atoms with E-state index in [9.17, 15) is 0 Å². The largest absolute Gasteiger partial charge is 0.262 e. The Kier molecular flexibility index (Phi) is 2.81. The Bertz CT molecular complexity index is 485. The molecule has 0 radical (unpaired) electrons. The minimum Gasteiger partial charge on any atom is -0.262 e. The van der Waals surface area contributed by atoms with Gasteiger partial charge in [0.05, 0.1) is 3.79 Å². The molecule has 1 N–H and O–H groups in total. The summed E-state index contributed by atoms with van der Waals surface area (Å²) in [5, 5.41) is 9.45. The van der Waals surface area contributed by atoms with Gasteiger partial charge in [-0.15, -0.1) is 11.3 Å². The maximum Gasteiger partial charge on any atom is 0.182 e. The molecule has 0 aromatic carbocycles. The molecule has 2 heterocycles. The molecule has 2 aromatic heterocycles. The van der Waals surface area contributed by atoms with Gasteiger partial charge in [0.25, 0.3) is 0 Å². The highest BCUT2D eigenvalue weighted by Gasteiger charge is 2.20. The van der Waals surface area contributed by atoms with E-state index in [0.717, 1.165) is 21.0 Å². The topological polar surface area (TPSA) is 41.6 Å². The summed E-state index contributed by atoms with van der Waals surface area (Å²) in [6.45, 7) is 0. The lowest BCUT2D eigenvalue weighted by molar-refractivity contribution is 0.672. The van der Waals surface area contributed by atoms with Crippen LogP contribution in [0.5, 0.6) is 0 Å². The molecule has 0 amide bonds.